The van der Waals surface area contributed by atoms with Gasteiger partial charge in [-0.15, -0.1) is 11.8 Å². The lowest BCUT2D eigenvalue weighted by Gasteiger charge is -2.46. The van der Waals surface area contributed by atoms with Crippen LogP contribution in [0.5, 0.6) is 0 Å². The molecule has 1 fully saturated rings. The number of hydrogen-bond acceptors (Lipinski definition) is 9. The number of benzene rings is 3. The predicted octanol–water partition coefficient (Wildman–Crippen LogP) is 7.99. The van der Waals surface area contributed by atoms with Gasteiger partial charge < -0.3 is 18.9 Å². The van der Waals surface area contributed by atoms with Crippen molar-refractivity contribution in [3.63, 3.8) is 0 Å². The first kappa shape index (κ1) is 43.2. The Morgan fingerprint density at radius 1 is 0.667 bits per heavy atom. The first-order chi connectivity index (χ1) is 25.1. The first-order valence-corrected chi connectivity index (χ1v) is 20.7. The molecule has 8 nitrogen and oxygen atoms in total. The molecule has 0 saturated carbocycles. The summed E-state index contributed by atoms with van der Waals surface area (Å²) in [7, 11) is -0.962. The Hall–Kier alpha value is -3.52. The van der Waals surface area contributed by atoms with E-state index in [2.05, 4.69) is 75.4 Å². The molecule has 1 aliphatic rings. The Morgan fingerprint density at radius 3 is 1.61 bits per heavy atom. The van der Waals surface area contributed by atoms with Crippen molar-refractivity contribution in [1.82, 2.24) is 0 Å². The SMILES string of the molecule is CC(C)(C)S[C@@H]1O[C@H](COC(=O)C(C)(C)C)[C@@H](OC(=O)C(C)(C)C)[C@H](OC(=O)C(C)(C)C)[C@H]1N=Cc1ccccc1P(c1ccccc1)c1ccccc1. The third kappa shape index (κ3) is 11.7. The molecule has 0 bridgehead atoms. The molecule has 3 aromatic rings. The van der Waals surface area contributed by atoms with Crippen LogP contribution in [0.2, 0.25) is 0 Å². The summed E-state index contributed by atoms with van der Waals surface area (Å²) in [5.41, 5.74) is -2.30. The molecule has 5 atom stereocenters. The standard InChI is InChI=1S/C44H58NO7PS/c1-41(2,3)38(46)49-28-32-35(51-39(47)42(4,5)6)36(52-40(48)43(7,8)9)34(37(50-32)54-44(10,11)12)45-27-29-21-19-20-26-33(29)53(30-22-15-13-16-23-30)31-24-17-14-18-25-31/h13-27,32,34-37H,28H2,1-12H3/t32-,34-,35-,36-,37+/m1/s1. The van der Waals surface area contributed by atoms with Crippen LogP contribution in [0.3, 0.4) is 0 Å². The van der Waals surface area contributed by atoms with E-state index in [0.29, 0.717) is 0 Å². The zero-order valence-electron chi connectivity index (χ0n) is 33.9. The van der Waals surface area contributed by atoms with Gasteiger partial charge in [0, 0.05) is 16.5 Å². The van der Waals surface area contributed by atoms with E-state index in [4.69, 9.17) is 23.9 Å². The van der Waals surface area contributed by atoms with Gasteiger partial charge in [-0.25, -0.2) is 0 Å². The Kier molecular flexibility index (Phi) is 14.0. The van der Waals surface area contributed by atoms with Crippen molar-refractivity contribution < 1.29 is 33.3 Å². The van der Waals surface area contributed by atoms with Gasteiger partial charge in [0.15, 0.2) is 12.2 Å². The summed E-state index contributed by atoms with van der Waals surface area (Å²) in [4.78, 5) is 45.6. The first-order valence-electron chi connectivity index (χ1n) is 18.5. The van der Waals surface area contributed by atoms with E-state index in [1.54, 1.807) is 62.3 Å². The van der Waals surface area contributed by atoms with E-state index in [-0.39, 0.29) is 11.4 Å². The van der Waals surface area contributed by atoms with Crippen LogP contribution >= 0.6 is 19.7 Å². The summed E-state index contributed by atoms with van der Waals surface area (Å²) >= 11 is 1.53. The van der Waals surface area contributed by atoms with Crippen molar-refractivity contribution in [2.45, 2.75) is 118 Å². The topological polar surface area (TPSA) is 100 Å². The van der Waals surface area contributed by atoms with Crippen molar-refractivity contribution in [2.24, 2.45) is 21.2 Å². The minimum atomic E-state index is -1.13. The van der Waals surface area contributed by atoms with Gasteiger partial charge in [-0.2, -0.15) is 0 Å². The number of hydrogen-bond donors (Lipinski definition) is 0. The predicted molar refractivity (Wildman–Crippen MR) is 222 cm³/mol. The Labute approximate surface area is 327 Å². The van der Waals surface area contributed by atoms with E-state index < -0.39 is 71.9 Å². The van der Waals surface area contributed by atoms with E-state index in [1.165, 1.54) is 22.4 Å². The second-order valence-electron chi connectivity index (χ2n) is 17.7. The second-order valence-corrected chi connectivity index (χ2v) is 21.8. The molecule has 292 valence electrons. The van der Waals surface area contributed by atoms with Gasteiger partial charge in [-0.05, 0) is 86.1 Å². The maximum atomic E-state index is 13.8. The molecular formula is C44H58NO7PS. The molecule has 0 amide bonds. The van der Waals surface area contributed by atoms with Crippen LogP contribution in [-0.4, -0.2) is 65.3 Å². The van der Waals surface area contributed by atoms with Gasteiger partial charge in [0.05, 0.1) is 16.2 Å². The number of carbonyl (C=O) groups excluding carboxylic acids is 3. The molecule has 0 aromatic heterocycles. The lowest BCUT2D eigenvalue weighted by Crippen LogP contribution is -2.61. The maximum absolute atomic E-state index is 13.8. The van der Waals surface area contributed by atoms with E-state index >= 15 is 0 Å². The van der Waals surface area contributed by atoms with Crippen molar-refractivity contribution in [3.05, 3.63) is 90.5 Å². The number of ether oxygens (including phenoxy) is 4. The highest BCUT2D eigenvalue weighted by atomic mass is 32.2. The molecule has 1 saturated heterocycles. The second kappa shape index (κ2) is 17.5. The molecule has 4 rings (SSSR count). The van der Waals surface area contributed by atoms with Gasteiger partial charge in [-0.1, -0.05) is 106 Å². The van der Waals surface area contributed by atoms with Crippen LogP contribution in [0.1, 0.15) is 88.6 Å². The summed E-state index contributed by atoms with van der Waals surface area (Å²) in [5, 5.41) is 3.50. The summed E-state index contributed by atoms with van der Waals surface area (Å²) in [6.07, 6.45) is -1.30. The molecule has 3 aromatic carbocycles. The molecule has 0 N–H and O–H groups in total. The van der Waals surface area contributed by atoms with Crippen molar-refractivity contribution in [2.75, 3.05) is 6.61 Å². The molecule has 1 aliphatic heterocycles. The van der Waals surface area contributed by atoms with Gasteiger partial charge in [0.1, 0.15) is 24.2 Å². The number of nitrogens with zero attached hydrogens (tertiary/aromatic N) is 1. The van der Waals surface area contributed by atoms with Crippen LogP contribution in [-0.2, 0) is 33.3 Å². The van der Waals surface area contributed by atoms with E-state index in [1.807, 2.05) is 36.5 Å². The Balaban J connectivity index is 1.89. The number of rotatable bonds is 10. The Bertz CT molecular complexity index is 1710. The minimum Gasteiger partial charge on any atom is -0.462 e. The molecular weight excluding hydrogens is 718 g/mol. The molecule has 0 aliphatic carbocycles. The van der Waals surface area contributed by atoms with Crippen molar-refractivity contribution in [3.8, 4) is 0 Å². The zero-order chi connectivity index (χ0) is 40.1. The van der Waals surface area contributed by atoms with Crippen LogP contribution in [0, 0.1) is 16.2 Å². The van der Waals surface area contributed by atoms with Crippen LogP contribution in [0.25, 0.3) is 0 Å². The molecule has 0 radical (unpaired) electrons. The Morgan fingerprint density at radius 2 is 1.13 bits per heavy atom. The molecule has 0 unspecified atom stereocenters. The molecule has 0 spiro atoms. The maximum Gasteiger partial charge on any atom is 0.311 e. The smallest absolute Gasteiger partial charge is 0.311 e. The van der Waals surface area contributed by atoms with Crippen molar-refractivity contribution >= 4 is 59.7 Å². The van der Waals surface area contributed by atoms with Crippen LogP contribution in [0.4, 0.5) is 0 Å². The van der Waals surface area contributed by atoms with Crippen LogP contribution in [0.15, 0.2) is 89.9 Å². The highest BCUT2D eigenvalue weighted by Gasteiger charge is 2.53. The normalized spacial score (nSPS) is 21.2. The third-order valence-electron chi connectivity index (χ3n) is 8.38. The molecule has 54 heavy (non-hydrogen) atoms. The van der Waals surface area contributed by atoms with E-state index in [0.717, 1.165) is 10.9 Å². The fourth-order valence-electron chi connectivity index (χ4n) is 5.43. The third-order valence-corrected chi connectivity index (χ3v) is 12.2. The van der Waals surface area contributed by atoms with Crippen LogP contribution < -0.4 is 15.9 Å². The summed E-state index contributed by atoms with van der Waals surface area (Å²) in [6.45, 7) is 21.9. The summed E-state index contributed by atoms with van der Waals surface area (Å²) < 4.78 is 24.9. The van der Waals surface area contributed by atoms with Gasteiger partial charge in [-0.3, -0.25) is 19.4 Å². The fourth-order valence-corrected chi connectivity index (χ4v) is 9.11. The van der Waals surface area contributed by atoms with E-state index in [9.17, 15) is 14.4 Å². The molecule has 1 heterocycles. The van der Waals surface area contributed by atoms with Gasteiger partial charge in [0.25, 0.3) is 0 Å². The highest BCUT2D eigenvalue weighted by Crippen LogP contribution is 2.41. The average Bonchev–Trinajstić information content (AvgIpc) is 3.07. The number of esters is 3. The van der Waals surface area contributed by atoms with Gasteiger partial charge >= 0.3 is 17.9 Å². The van der Waals surface area contributed by atoms with Crippen molar-refractivity contribution in [1.29, 1.82) is 0 Å². The largest absolute Gasteiger partial charge is 0.462 e. The summed E-state index contributed by atoms with van der Waals surface area (Å²) in [6, 6.07) is 28.3. The lowest BCUT2D eigenvalue weighted by atomic mass is 9.93. The highest BCUT2D eigenvalue weighted by molar-refractivity contribution is 8.01. The summed E-state index contributed by atoms with van der Waals surface area (Å²) in [5.74, 6) is -1.42. The number of carbonyl (C=O) groups is 3. The minimum absolute atomic E-state index is 0.208. The zero-order valence-corrected chi connectivity index (χ0v) is 35.6. The van der Waals surface area contributed by atoms with Gasteiger partial charge in [0.2, 0.25) is 0 Å². The number of aliphatic imine (C=N–C) groups is 1. The average molecular weight is 776 g/mol. The quantitative estimate of drug-likeness (QED) is 0.0885. The fraction of sp³-hybridized carbons (Fsp3) is 0.500. The molecule has 10 heteroatoms. The number of thioether (sulfide) groups is 1. The monoisotopic (exact) mass is 775 g/mol. The lowest BCUT2D eigenvalue weighted by molar-refractivity contribution is -0.218.